The zero-order chi connectivity index (χ0) is 15.0. The molecule has 0 aromatic carbocycles. The first-order valence-corrected chi connectivity index (χ1v) is 7.73. The van der Waals surface area contributed by atoms with Crippen LogP contribution in [0, 0.1) is 11.8 Å². The van der Waals surface area contributed by atoms with Gasteiger partial charge in [-0.1, -0.05) is 0 Å². The van der Waals surface area contributed by atoms with Crippen molar-refractivity contribution < 1.29 is 13.9 Å². The van der Waals surface area contributed by atoms with E-state index in [1.165, 1.54) is 0 Å². The Kier molecular flexibility index (Phi) is 3.80. The van der Waals surface area contributed by atoms with E-state index in [2.05, 4.69) is 24.1 Å². The van der Waals surface area contributed by atoms with Gasteiger partial charge in [0.1, 0.15) is 11.3 Å². The number of carbonyl (C=O) groups is 1. The van der Waals surface area contributed by atoms with Crippen LogP contribution in [0.1, 0.15) is 36.9 Å². The van der Waals surface area contributed by atoms with E-state index in [-0.39, 0.29) is 11.5 Å². The van der Waals surface area contributed by atoms with Crippen molar-refractivity contribution in [1.82, 2.24) is 10.2 Å². The van der Waals surface area contributed by atoms with E-state index >= 15 is 0 Å². The van der Waals surface area contributed by atoms with Crippen molar-refractivity contribution in [3.63, 3.8) is 0 Å². The summed E-state index contributed by atoms with van der Waals surface area (Å²) in [4.78, 5) is 14.4. The van der Waals surface area contributed by atoms with Crippen molar-refractivity contribution in [2.75, 3.05) is 26.2 Å². The van der Waals surface area contributed by atoms with E-state index in [4.69, 9.17) is 9.15 Å². The van der Waals surface area contributed by atoms with E-state index < -0.39 is 0 Å². The fraction of sp³-hybridized carbons (Fsp3) is 0.688. The highest BCUT2D eigenvalue weighted by atomic mass is 16.5. The molecule has 0 radical (unpaired) electrons. The molecular weight excluding hydrogens is 268 g/mol. The Morgan fingerprint density at radius 1 is 1.52 bits per heavy atom. The van der Waals surface area contributed by atoms with E-state index in [9.17, 15) is 4.79 Å². The highest BCUT2D eigenvalue weighted by Crippen LogP contribution is 2.41. The molecule has 2 unspecified atom stereocenters. The van der Waals surface area contributed by atoms with Crippen molar-refractivity contribution >= 4 is 5.97 Å². The molecule has 21 heavy (non-hydrogen) atoms. The van der Waals surface area contributed by atoms with Crippen LogP contribution in [-0.4, -0.2) is 42.6 Å². The van der Waals surface area contributed by atoms with Gasteiger partial charge in [-0.15, -0.1) is 0 Å². The minimum atomic E-state index is -0.292. The number of ether oxygens (including phenoxy) is 1. The molecule has 0 aliphatic carbocycles. The SMILES string of the molecule is CCOC(=O)c1ccoc1CN1CC2CNCC2C1(C)C. The number of hydrogen-bond acceptors (Lipinski definition) is 5. The number of nitrogens with zero attached hydrogens (tertiary/aromatic N) is 1. The first-order chi connectivity index (χ1) is 10.0. The van der Waals surface area contributed by atoms with Crippen LogP contribution in [0.4, 0.5) is 0 Å². The Balaban J connectivity index is 1.76. The number of carbonyl (C=O) groups excluding carboxylic acids is 1. The maximum absolute atomic E-state index is 11.9. The first-order valence-electron chi connectivity index (χ1n) is 7.73. The minimum absolute atomic E-state index is 0.118. The molecule has 0 bridgehead atoms. The summed E-state index contributed by atoms with van der Waals surface area (Å²) in [5.74, 6) is 1.79. The summed E-state index contributed by atoms with van der Waals surface area (Å²) in [6.45, 7) is 10.7. The maximum Gasteiger partial charge on any atom is 0.341 e. The molecule has 5 heteroatoms. The summed E-state index contributed by atoms with van der Waals surface area (Å²) in [5.41, 5.74) is 0.676. The third kappa shape index (κ3) is 2.49. The molecule has 2 saturated heterocycles. The molecule has 1 N–H and O–H groups in total. The lowest BCUT2D eigenvalue weighted by Gasteiger charge is -2.35. The standard InChI is InChI=1S/C16H24N2O3/c1-4-20-15(19)12-5-6-21-14(12)10-18-9-11-7-17-8-13(11)16(18,2)3/h5-6,11,13,17H,4,7-10H2,1-3H3. The molecule has 116 valence electrons. The summed E-state index contributed by atoms with van der Waals surface area (Å²) in [7, 11) is 0. The fourth-order valence-electron chi connectivity index (χ4n) is 3.80. The number of fused-ring (bicyclic) bond motifs is 1. The van der Waals surface area contributed by atoms with Crippen LogP contribution >= 0.6 is 0 Å². The highest BCUT2D eigenvalue weighted by molar-refractivity contribution is 5.90. The van der Waals surface area contributed by atoms with Crippen molar-refractivity contribution in [1.29, 1.82) is 0 Å². The van der Waals surface area contributed by atoms with Gasteiger partial charge in [0.15, 0.2) is 0 Å². The third-order valence-electron chi connectivity index (χ3n) is 5.09. The molecule has 3 rings (SSSR count). The molecule has 2 aliphatic rings. The maximum atomic E-state index is 11.9. The molecular formula is C16H24N2O3. The summed E-state index contributed by atoms with van der Waals surface area (Å²) >= 11 is 0. The van der Waals surface area contributed by atoms with Gasteiger partial charge < -0.3 is 14.5 Å². The smallest absolute Gasteiger partial charge is 0.341 e. The van der Waals surface area contributed by atoms with Crippen molar-refractivity contribution in [2.45, 2.75) is 32.9 Å². The van der Waals surface area contributed by atoms with E-state index in [1.54, 1.807) is 12.3 Å². The number of furan rings is 1. The average molecular weight is 292 g/mol. The molecule has 0 amide bonds. The molecule has 1 aromatic rings. The Morgan fingerprint density at radius 3 is 3.05 bits per heavy atom. The topological polar surface area (TPSA) is 54.7 Å². The molecule has 2 aliphatic heterocycles. The predicted octanol–water partition coefficient (Wildman–Crippen LogP) is 1.89. The Morgan fingerprint density at radius 2 is 2.33 bits per heavy atom. The molecule has 3 heterocycles. The van der Waals surface area contributed by atoms with E-state index in [0.717, 1.165) is 25.4 Å². The molecule has 2 atom stereocenters. The first kappa shape index (κ1) is 14.6. The number of likely N-dealkylation sites (tertiary alicyclic amines) is 1. The predicted molar refractivity (Wildman–Crippen MR) is 79.0 cm³/mol. The van der Waals surface area contributed by atoms with Crippen LogP contribution < -0.4 is 5.32 Å². The Bertz CT molecular complexity index is 523. The van der Waals surface area contributed by atoms with Gasteiger partial charge in [-0.2, -0.15) is 0 Å². The highest BCUT2D eigenvalue weighted by Gasteiger charge is 2.49. The second-order valence-corrected chi connectivity index (χ2v) is 6.54. The van der Waals surface area contributed by atoms with Crippen LogP contribution in [0.3, 0.4) is 0 Å². The summed E-state index contributed by atoms with van der Waals surface area (Å²) in [6, 6.07) is 1.71. The van der Waals surface area contributed by atoms with Crippen LogP contribution in [0.25, 0.3) is 0 Å². The van der Waals surface area contributed by atoms with Gasteiger partial charge in [0.05, 0.1) is 19.4 Å². The van der Waals surface area contributed by atoms with Gasteiger partial charge in [-0.3, -0.25) is 4.90 Å². The van der Waals surface area contributed by atoms with Gasteiger partial charge in [-0.05, 0) is 45.2 Å². The molecule has 0 saturated carbocycles. The zero-order valence-corrected chi connectivity index (χ0v) is 13.0. The number of rotatable bonds is 4. The average Bonchev–Trinajstić information content (AvgIpc) is 3.10. The van der Waals surface area contributed by atoms with E-state index in [1.807, 2.05) is 6.92 Å². The van der Waals surface area contributed by atoms with E-state index in [0.29, 0.717) is 30.6 Å². The lowest BCUT2D eigenvalue weighted by Crippen LogP contribution is -2.44. The van der Waals surface area contributed by atoms with Gasteiger partial charge in [-0.25, -0.2) is 4.79 Å². The van der Waals surface area contributed by atoms with Gasteiger partial charge in [0, 0.05) is 18.6 Å². The fourth-order valence-corrected chi connectivity index (χ4v) is 3.80. The second kappa shape index (κ2) is 5.46. The normalized spacial score (nSPS) is 27.8. The Hall–Kier alpha value is -1.33. The lowest BCUT2D eigenvalue weighted by atomic mass is 9.85. The van der Waals surface area contributed by atoms with Gasteiger partial charge >= 0.3 is 5.97 Å². The number of nitrogens with one attached hydrogen (secondary N) is 1. The van der Waals surface area contributed by atoms with Crippen LogP contribution in [0.5, 0.6) is 0 Å². The molecule has 1 aromatic heterocycles. The van der Waals surface area contributed by atoms with Crippen molar-refractivity contribution in [3.8, 4) is 0 Å². The number of hydrogen-bond donors (Lipinski definition) is 1. The molecule has 5 nitrogen and oxygen atoms in total. The monoisotopic (exact) mass is 292 g/mol. The molecule has 2 fully saturated rings. The summed E-state index contributed by atoms with van der Waals surface area (Å²) < 4.78 is 10.6. The summed E-state index contributed by atoms with van der Waals surface area (Å²) in [5, 5.41) is 3.48. The van der Waals surface area contributed by atoms with Crippen LogP contribution in [-0.2, 0) is 11.3 Å². The largest absolute Gasteiger partial charge is 0.467 e. The second-order valence-electron chi connectivity index (χ2n) is 6.54. The Labute approximate surface area is 125 Å². The zero-order valence-electron chi connectivity index (χ0n) is 13.0. The van der Waals surface area contributed by atoms with Crippen LogP contribution in [0.2, 0.25) is 0 Å². The lowest BCUT2D eigenvalue weighted by molar-refractivity contribution is 0.0518. The third-order valence-corrected chi connectivity index (χ3v) is 5.09. The van der Waals surface area contributed by atoms with Gasteiger partial charge in [0.25, 0.3) is 0 Å². The van der Waals surface area contributed by atoms with Gasteiger partial charge in [0.2, 0.25) is 0 Å². The van der Waals surface area contributed by atoms with Crippen molar-refractivity contribution in [3.05, 3.63) is 23.7 Å². The molecule has 0 spiro atoms. The van der Waals surface area contributed by atoms with Crippen LogP contribution in [0.15, 0.2) is 16.7 Å². The minimum Gasteiger partial charge on any atom is -0.467 e. The quantitative estimate of drug-likeness (QED) is 0.859. The summed E-state index contributed by atoms with van der Waals surface area (Å²) in [6.07, 6.45) is 1.58. The van der Waals surface area contributed by atoms with Crippen molar-refractivity contribution in [2.24, 2.45) is 11.8 Å². The number of esters is 1.